The second kappa shape index (κ2) is 12.3. The molecule has 0 aliphatic carbocycles. The monoisotopic (exact) mass is 560 g/mol. The molecule has 0 atom stereocenters. The third-order valence-electron chi connectivity index (χ3n) is 6.30. The van der Waals surface area contributed by atoms with Crippen molar-refractivity contribution in [2.24, 2.45) is 0 Å². The topological polar surface area (TPSA) is 130 Å². The predicted octanol–water partition coefficient (Wildman–Crippen LogP) is 4.90. The van der Waals surface area contributed by atoms with Gasteiger partial charge in [-0.2, -0.15) is 10.4 Å². The van der Waals surface area contributed by atoms with Gasteiger partial charge < -0.3 is 25.0 Å². The first kappa shape index (κ1) is 27.9. The summed E-state index contributed by atoms with van der Waals surface area (Å²) >= 11 is 0. The molecule has 2 aromatic carbocycles. The van der Waals surface area contributed by atoms with Crippen LogP contribution in [0.4, 0.5) is 17.1 Å². The van der Waals surface area contributed by atoms with Gasteiger partial charge in [-0.05, 0) is 69.8 Å². The third-order valence-corrected chi connectivity index (χ3v) is 6.30. The Morgan fingerprint density at radius 3 is 2.74 bits per heavy atom. The predicted molar refractivity (Wildman–Crippen MR) is 160 cm³/mol. The molecule has 11 nitrogen and oxygen atoms in total. The Morgan fingerprint density at radius 1 is 1.12 bits per heavy atom. The van der Waals surface area contributed by atoms with Crippen molar-refractivity contribution in [2.75, 3.05) is 37.9 Å². The van der Waals surface area contributed by atoms with E-state index in [-0.39, 0.29) is 0 Å². The number of benzene rings is 2. The number of ether oxygens (including phenoxy) is 2. The van der Waals surface area contributed by atoms with E-state index in [9.17, 15) is 10.1 Å². The van der Waals surface area contributed by atoms with Crippen LogP contribution in [0.15, 0.2) is 61.2 Å². The number of carbonyl (C=O) groups is 1. The number of nitrogens with one attached hydrogen (secondary N) is 2. The molecule has 5 rings (SSSR count). The summed E-state index contributed by atoms with van der Waals surface area (Å²) in [5.41, 5.74) is 4.21. The first-order valence-corrected chi connectivity index (χ1v) is 13.1. The standard InChI is InChI=1S/C31H28N8O3/c1-5-6-30(40)37-26-15-24-25(16-28(26)41-12-11-38(3)4)33-18-21(17-32)31(24)36-22-7-8-27(20(2)13-22)42-23-9-10-39-29(14-23)34-19-35-39/h7-10,13-16,18-19H,11-12H2,1-4H3,(H,33,36)(H,37,40). The smallest absolute Gasteiger partial charge is 0.300 e. The number of likely N-dealkylation sites (N-methyl/N-ethyl adjacent to an activating group) is 1. The molecule has 0 aliphatic rings. The number of rotatable bonds is 9. The van der Waals surface area contributed by atoms with E-state index in [2.05, 4.69) is 43.6 Å². The van der Waals surface area contributed by atoms with Crippen molar-refractivity contribution in [1.82, 2.24) is 24.5 Å². The molecule has 0 bridgehead atoms. The van der Waals surface area contributed by atoms with Gasteiger partial charge in [-0.15, -0.1) is 0 Å². The average Bonchev–Trinajstić information content (AvgIpc) is 3.43. The highest BCUT2D eigenvalue weighted by atomic mass is 16.5. The summed E-state index contributed by atoms with van der Waals surface area (Å²) in [5, 5.41) is 20.8. The van der Waals surface area contributed by atoms with Crippen molar-refractivity contribution in [1.29, 1.82) is 5.26 Å². The summed E-state index contributed by atoms with van der Waals surface area (Å²) < 4.78 is 13.8. The summed E-state index contributed by atoms with van der Waals surface area (Å²) in [5.74, 6) is 6.39. The van der Waals surface area contributed by atoms with Gasteiger partial charge in [-0.25, -0.2) is 9.50 Å². The summed E-state index contributed by atoms with van der Waals surface area (Å²) in [6.07, 6.45) is 4.78. The molecule has 0 fully saturated rings. The Kier molecular flexibility index (Phi) is 8.14. The van der Waals surface area contributed by atoms with E-state index < -0.39 is 5.91 Å². The molecule has 3 heterocycles. The van der Waals surface area contributed by atoms with Gasteiger partial charge in [0.25, 0.3) is 5.91 Å². The number of amides is 1. The summed E-state index contributed by atoms with van der Waals surface area (Å²) in [6, 6.07) is 15.0. The summed E-state index contributed by atoms with van der Waals surface area (Å²) in [4.78, 5) is 23.1. The van der Waals surface area contributed by atoms with Crippen LogP contribution in [0, 0.1) is 30.1 Å². The second-order valence-electron chi connectivity index (χ2n) is 9.64. The minimum Gasteiger partial charge on any atom is -0.490 e. The SMILES string of the molecule is CC#CC(=O)Nc1cc2c(Nc3ccc(Oc4ccn5ncnc5c4)c(C)c3)c(C#N)cnc2cc1OCCN(C)C. The van der Waals surface area contributed by atoms with Gasteiger partial charge in [0.05, 0.1) is 22.5 Å². The van der Waals surface area contributed by atoms with Gasteiger partial charge in [0.15, 0.2) is 5.65 Å². The van der Waals surface area contributed by atoms with E-state index in [1.807, 2.05) is 56.3 Å². The number of carbonyl (C=O) groups excluding carboxylic acids is 1. The highest BCUT2D eigenvalue weighted by Crippen LogP contribution is 2.37. The maximum atomic E-state index is 12.4. The zero-order valence-corrected chi connectivity index (χ0v) is 23.6. The number of aromatic nitrogens is 4. The van der Waals surface area contributed by atoms with Crippen LogP contribution in [0.5, 0.6) is 17.2 Å². The van der Waals surface area contributed by atoms with Gasteiger partial charge in [0, 0.05) is 42.1 Å². The molecule has 0 unspecified atom stereocenters. The molecule has 210 valence electrons. The fourth-order valence-electron chi connectivity index (χ4n) is 4.23. The van der Waals surface area contributed by atoms with Crippen LogP contribution in [-0.2, 0) is 4.79 Å². The van der Waals surface area contributed by atoms with E-state index in [0.717, 1.165) is 11.3 Å². The quantitative estimate of drug-likeness (QED) is 0.242. The fraction of sp³-hybridized carbons (Fsp3) is 0.194. The lowest BCUT2D eigenvalue weighted by Gasteiger charge is -2.17. The molecule has 5 aromatic rings. The lowest BCUT2D eigenvalue weighted by Crippen LogP contribution is -2.20. The Bertz CT molecular complexity index is 1900. The van der Waals surface area contributed by atoms with Crippen molar-refractivity contribution < 1.29 is 14.3 Å². The van der Waals surface area contributed by atoms with Crippen LogP contribution < -0.4 is 20.1 Å². The molecule has 0 radical (unpaired) electrons. The number of nitriles is 1. The molecule has 0 saturated heterocycles. The van der Waals surface area contributed by atoms with Gasteiger partial charge in [0.2, 0.25) is 0 Å². The van der Waals surface area contributed by atoms with Crippen LogP contribution in [0.25, 0.3) is 16.6 Å². The van der Waals surface area contributed by atoms with E-state index >= 15 is 0 Å². The molecule has 0 saturated carbocycles. The molecule has 0 aliphatic heterocycles. The van der Waals surface area contributed by atoms with Gasteiger partial charge in [-0.1, -0.05) is 5.92 Å². The van der Waals surface area contributed by atoms with E-state index in [1.165, 1.54) is 12.5 Å². The highest BCUT2D eigenvalue weighted by molar-refractivity contribution is 6.07. The third kappa shape index (κ3) is 6.22. The Hall–Kier alpha value is -5.65. The molecule has 1 amide bonds. The first-order valence-electron chi connectivity index (χ1n) is 13.1. The minimum atomic E-state index is -0.470. The maximum Gasteiger partial charge on any atom is 0.300 e. The molecule has 2 N–H and O–H groups in total. The second-order valence-corrected chi connectivity index (χ2v) is 9.64. The molecule has 11 heteroatoms. The van der Waals surface area contributed by atoms with Crippen LogP contribution in [0.1, 0.15) is 18.1 Å². The van der Waals surface area contributed by atoms with Crippen molar-refractivity contribution in [2.45, 2.75) is 13.8 Å². The van der Waals surface area contributed by atoms with Crippen molar-refractivity contribution in [3.05, 3.63) is 72.3 Å². The van der Waals surface area contributed by atoms with Crippen LogP contribution >= 0.6 is 0 Å². The highest BCUT2D eigenvalue weighted by Gasteiger charge is 2.16. The van der Waals surface area contributed by atoms with Crippen molar-refractivity contribution in [3.8, 4) is 35.2 Å². The Morgan fingerprint density at radius 2 is 1.98 bits per heavy atom. The number of anilines is 3. The summed E-state index contributed by atoms with van der Waals surface area (Å²) in [6.45, 7) is 4.62. The van der Waals surface area contributed by atoms with E-state index in [1.54, 1.807) is 29.8 Å². The molecule has 3 aromatic heterocycles. The van der Waals surface area contributed by atoms with Crippen molar-refractivity contribution >= 4 is 39.5 Å². The maximum absolute atomic E-state index is 12.4. The normalized spacial score (nSPS) is 10.7. The fourth-order valence-corrected chi connectivity index (χ4v) is 4.23. The lowest BCUT2D eigenvalue weighted by molar-refractivity contribution is -0.111. The zero-order chi connectivity index (χ0) is 29.6. The van der Waals surface area contributed by atoms with Gasteiger partial charge in [0.1, 0.15) is 36.3 Å². The Labute approximate surface area is 242 Å². The lowest BCUT2D eigenvalue weighted by atomic mass is 10.1. The van der Waals surface area contributed by atoms with Gasteiger partial charge in [-0.3, -0.25) is 9.78 Å². The summed E-state index contributed by atoms with van der Waals surface area (Å²) in [7, 11) is 3.90. The van der Waals surface area contributed by atoms with Crippen LogP contribution in [0.2, 0.25) is 0 Å². The number of hydrogen-bond donors (Lipinski definition) is 2. The number of hydrogen-bond acceptors (Lipinski definition) is 9. The van der Waals surface area contributed by atoms with Gasteiger partial charge >= 0.3 is 0 Å². The van der Waals surface area contributed by atoms with Crippen LogP contribution in [-0.4, -0.2) is 57.6 Å². The molecular weight excluding hydrogens is 532 g/mol. The van der Waals surface area contributed by atoms with E-state index in [4.69, 9.17) is 9.47 Å². The molecule has 0 spiro atoms. The number of fused-ring (bicyclic) bond motifs is 2. The zero-order valence-electron chi connectivity index (χ0n) is 23.6. The largest absolute Gasteiger partial charge is 0.490 e. The van der Waals surface area contributed by atoms with Crippen LogP contribution in [0.3, 0.4) is 0 Å². The number of nitrogens with zero attached hydrogens (tertiary/aromatic N) is 6. The molecular formula is C31H28N8O3. The Balaban J connectivity index is 1.48. The van der Waals surface area contributed by atoms with E-state index in [0.29, 0.717) is 63.9 Å². The first-order chi connectivity index (χ1) is 20.3. The van der Waals surface area contributed by atoms with Crippen molar-refractivity contribution in [3.63, 3.8) is 0 Å². The number of aryl methyl sites for hydroxylation is 1. The molecule has 42 heavy (non-hydrogen) atoms. The minimum absolute atomic E-state index is 0.342. The number of pyridine rings is 2. The average molecular weight is 561 g/mol.